The van der Waals surface area contributed by atoms with Crippen LogP contribution in [0.5, 0.6) is 5.75 Å². The number of aryl methyl sites for hydroxylation is 2. The van der Waals surface area contributed by atoms with E-state index in [-0.39, 0.29) is 23.1 Å². The van der Waals surface area contributed by atoms with E-state index in [4.69, 9.17) is 4.74 Å². The van der Waals surface area contributed by atoms with Crippen LogP contribution in [0.25, 0.3) is 0 Å². The van der Waals surface area contributed by atoms with Crippen LogP contribution in [0.15, 0.2) is 41.3 Å². The Kier molecular flexibility index (Phi) is 3.95. The molecule has 0 spiro atoms. The Morgan fingerprint density at radius 1 is 1.29 bits per heavy atom. The largest absolute Gasteiger partial charge is 0.487 e. The molecule has 0 saturated heterocycles. The molecule has 5 nitrogen and oxygen atoms in total. The molecule has 2 heterocycles. The van der Waals surface area contributed by atoms with Gasteiger partial charge in [-0.1, -0.05) is 12.1 Å². The highest BCUT2D eigenvalue weighted by molar-refractivity contribution is 5.94. The van der Waals surface area contributed by atoms with Crippen molar-refractivity contribution in [3.8, 4) is 5.75 Å². The number of ether oxygens (including phenoxy) is 1. The summed E-state index contributed by atoms with van der Waals surface area (Å²) in [6, 6.07) is 8.85. The Balaban J connectivity index is 1.90. The molecule has 24 heavy (non-hydrogen) atoms. The molecule has 1 atom stereocenters. The van der Waals surface area contributed by atoms with E-state index in [1.54, 1.807) is 19.3 Å². The van der Waals surface area contributed by atoms with Crippen LogP contribution >= 0.6 is 0 Å². The van der Waals surface area contributed by atoms with Crippen molar-refractivity contribution in [3.05, 3.63) is 63.6 Å². The van der Waals surface area contributed by atoms with E-state index in [1.807, 2.05) is 39.0 Å². The van der Waals surface area contributed by atoms with Crippen molar-refractivity contribution in [2.45, 2.75) is 38.8 Å². The number of amides is 1. The fraction of sp³-hybridized carbons (Fsp3) is 0.368. The van der Waals surface area contributed by atoms with Gasteiger partial charge < -0.3 is 14.6 Å². The van der Waals surface area contributed by atoms with Crippen LogP contribution in [-0.2, 0) is 7.05 Å². The predicted octanol–water partition coefficient (Wildman–Crippen LogP) is 2.73. The van der Waals surface area contributed by atoms with Crippen molar-refractivity contribution < 1.29 is 9.53 Å². The molecule has 5 heteroatoms. The van der Waals surface area contributed by atoms with E-state index in [1.165, 1.54) is 10.6 Å². The lowest BCUT2D eigenvalue weighted by Crippen LogP contribution is -2.41. The zero-order valence-electron chi connectivity index (χ0n) is 14.4. The molecular weight excluding hydrogens is 304 g/mol. The van der Waals surface area contributed by atoms with E-state index < -0.39 is 0 Å². The molecule has 1 N–H and O–H groups in total. The van der Waals surface area contributed by atoms with Gasteiger partial charge >= 0.3 is 0 Å². The van der Waals surface area contributed by atoms with Gasteiger partial charge in [0.05, 0.1) is 11.6 Å². The Bertz CT molecular complexity index is 852. The van der Waals surface area contributed by atoms with Crippen molar-refractivity contribution in [2.24, 2.45) is 7.05 Å². The second-order valence-corrected chi connectivity index (χ2v) is 7.00. The number of hydrogen-bond acceptors (Lipinski definition) is 3. The predicted molar refractivity (Wildman–Crippen MR) is 92.4 cm³/mol. The average molecular weight is 326 g/mol. The van der Waals surface area contributed by atoms with Crippen LogP contribution in [0.2, 0.25) is 0 Å². The molecule has 0 bridgehead atoms. The minimum Gasteiger partial charge on any atom is -0.487 e. The molecule has 1 aromatic carbocycles. The highest BCUT2D eigenvalue weighted by Gasteiger charge is 2.34. The molecule has 3 rings (SSSR count). The first-order chi connectivity index (χ1) is 11.2. The van der Waals surface area contributed by atoms with Crippen LogP contribution in [0, 0.1) is 6.92 Å². The van der Waals surface area contributed by atoms with Crippen LogP contribution in [0.1, 0.15) is 47.8 Å². The van der Waals surface area contributed by atoms with Gasteiger partial charge in [-0.2, -0.15) is 0 Å². The van der Waals surface area contributed by atoms with E-state index in [2.05, 4.69) is 5.32 Å². The fourth-order valence-electron chi connectivity index (χ4n) is 3.06. The summed E-state index contributed by atoms with van der Waals surface area (Å²) >= 11 is 0. The molecule has 0 aliphatic carbocycles. The van der Waals surface area contributed by atoms with Crippen molar-refractivity contribution in [3.63, 3.8) is 0 Å². The maximum atomic E-state index is 12.6. The lowest BCUT2D eigenvalue weighted by atomic mass is 9.89. The first-order valence-corrected chi connectivity index (χ1v) is 8.02. The third-order valence-electron chi connectivity index (χ3n) is 4.28. The zero-order chi connectivity index (χ0) is 17.5. The van der Waals surface area contributed by atoms with Crippen molar-refractivity contribution >= 4 is 5.91 Å². The molecule has 0 saturated carbocycles. The van der Waals surface area contributed by atoms with Crippen molar-refractivity contribution in [2.75, 3.05) is 0 Å². The number of hydrogen-bond donors (Lipinski definition) is 1. The summed E-state index contributed by atoms with van der Waals surface area (Å²) in [5.41, 5.74) is 2.07. The minimum absolute atomic E-state index is 0.130. The van der Waals surface area contributed by atoms with Crippen LogP contribution < -0.4 is 15.6 Å². The zero-order valence-corrected chi connectivity index (χ0v) is 14.4. The topological polar surface area (TPSA) is 60.3 Å². The number of rotatable bonds is 2. The van der Waals surface area contributed by atoms with Crippen molar-refractivity contribution in [1.29, 1.82) is 0 Å². The third kappa shape index (κ3) is 3.20. The summed E-state index contributed by atoms with van der Waals surface area (Å²) in [4.78, 5) is 24.1. The Morgan fingerprint density at radius 3 is 2.75 bits per heavy atom. The summed E-state index contributed by atoms with van der Waals surface area (Å²) in [6.07, 6.45) is 2.23. The summed E-state index contributed by atoms with van der Waals surface area (Å²) in [6.45, 7) is 6.05. The fourth-order valence-corrected chi connectivity index (χ4v) is 3.06. The second kappa shape index (κ2) is 5.82. The van der Waals surface area contributed by atoms with Crippen LogP contribution in [-0.4, -0.2) is 16.1 Å². The van der Waals surface area contributed by atoms with Gasteiger partial charge in [0.25, 0.3) is 5.91 Å². The number of nitrogens with zero attached hydrogens (tertiary/aromatic N) is 1. The van der Waals surface area contributed by atoms with Gasteiger partial charge in [-0.15, -0.1) is 0 Å². The number of carbonyl (C=O) groups is 1. The number of fused-ring (bicyclic) bond motifs is 1. The Morgan fingerprint density at radius 2 is 2.04 bits per heavy atom. The molecule has 1 aromatic heterocycles. The van der Waals surface area contributed by atoms with E-state index in [9.17, 15) is 9.59 Å². The summed E-state index contributed by atoms with van der Waals surface area (Å²) in [5, 5.41) is 3.08. The highest BCUT2D eigenvalue weighted by atomic mass is 16.5. The lowest BCUT2D eigenvalue weighted by Gasteiger charge is -2.38. The molecule has 0 fully saturated rings. The van der Waals surface area contributed by atoms with Gasteiger partial charge in [0, 0.05) is 31.3 Å². The highest BCUT2D eigenvalue weighted by Crippen LogP contribution is 2.39. The minimum atomic E-state index is -0.359. The monoisotopic (exact) mass is 326 g/mol. The van der Waals surface area contributed by atoms with Gasteiger partial charge in [0.15, 0.2) is 0 Å². The first kappa shape index (κ1) is 16.3. The normalized spacial score (nSPS) is 18.4. The number of benzene rings is 1. The molecule has 126 valence electrons. The maximum absolute atomic E-state index is 12.6. The molecule has 2 aromatic rings. The lowest BCUT2D eigenvalue weighted by molar-refractivity contribution is 0.0619. The van der Waals surface area contributed by atoms with Gasteiger partial charge in [-0.05, 0) is 38.5 Å². The van der Waals surface area contributed by atoms with Gasteiger partial charge in [-0.3, -0.25) is 9.59 Å². The van der Waals surface area contributed by atoms with Gasteiger partial charge in [0.2, 0.25) is 5.56 Å². The molecule has 0 radical (unpaired) electrons. The molecule has 1 unspecified atom stereocenters. The number of nitrogens with one attached hydrogen (secondary N) is 1. The van der Waals surface area contributed by atoms with E-state index in [0.29, 0.717) is 12.0 Å². The second-order valence-electron chi connectivity index (χ2n) is 7.00. The maximum Gasteiger partial charge on any atom is 0.253 e. The first-order valence-electron chi connectivity index (χ1n) is 8.02. The Labute approximate surface area is 141 Å². The smallest absolute Gasteiger partial charge is 0.253 e. The SMILES string of the molecule is Cc1ccc2c(c1)OC(C)(C)CC2NC(=O)c1ccc(=O)n(C)c1. The summed E-state index contributed by atoms with van der Waals surface area (Å²) < 4.78 is 7.46. The van der Waals surface area contributed by atoms with E-state index in [0.717, 1.165) is 16.9 Å². The number of pyridine rings is 1. The Hall–Kier alpha value is -2.56. The standard InChI is InChI=1S/C19H22N2O3/c1-12-5-7-14-15(10-19(2,3)24-16(14)9-12)20-18(23)13-6-8-17(22)21(4)11-13/h5-9,11,15H,10H2,1-4H3,(H,20,23). The van der Waals surface area contributed by atoms with Gasteiger partial charge in [0.1, 0.15) is 11.4 Å². The van der Waals surface area contributed by atoms with Gasteiger partial charge in [-0.25, -0.2) is 0 Å². The van der Waals surface area contributed by atoms with E-state index >= 15 is 0 Å². The molecular formula is C19H22N2O3. The third-order valence-corrected chi connectivity index (χ3v) is 4.28. The molecule has 1 aliphatic heterocycles. The van der Waals surface area contributed by atoms with Crippen molar-refractivity contribution in [1.82, 2.24) is 9.88 Å². The summed E-state index contributed by atoms with van der Waals surface area (Å²) in [7, 11) is 1.63. The van der Waals surface area contributed by atoms with Crippen LogP contribution in [0.4, 0.5) is 0 Å². The average Bonchev–Trinajstić information content (AvgIpc) is 2.48. The summed E-state index contributed by atoms with van der Waals surface area (Å²) in [5.74, 6) is 0.622. The molecule has 1 amide bonds. The number of aromatic nitrogens is 1. The quantitative estimate of drug-likeness (QED) is 0.923. The molecule has 1 aliphatic rings. The number of carbonyl (C=O) groups excluding carboxylic acids is 1. The van der Waals surface area contributed by atoms with Crippen LogP contribution in [0.3, 0.4) is 0 Å².